The number of hydrogen-bond acceptors (Lipinski definition) is 2. The molecule has 0 fully saturated rings. The molecule has 0 aliphatic heterocycles. The summed E-state index contributed by atoms with van der Waals surface area (Å²) in [6.07, 6.45) is 3.15. The van der Waals surface area contributed by atoms with Crippen molar-refractivity contribution in [1.29, 1.82) is 0 Å². The van der Waals surface area contributed by atoms with Crippen LogP contribution < -0.4 is 0 Å². The molecule has 0 radical (unpaired) electrons. The Morgan fingerprint density at radius 2 is 1.72 bits per heavy atom. The summed E-state index contributed by atoms with van der Waals surface area (Å²) >= 11 is 0. The first kappa shape index (κ1) is 14.7. The van der Waals surface area contributed by atoms with Crippen LogP contribution >= 0.6 is 0 Å². The molecule has 1 aromatic carbocycles. The lowest BCUT2D eigenvalue weighted by Gasteiger charge is -2.20. The van der Waals surface area contributed by atoms with E-state index in [9.17, 15) is 8.42 Å². The Hall–Kier alpha value is -1.39. The molecule has 1 rings (SSSR count). The van der Waals surface area contributed by atoms with Gasteiger partial charge in [0, 0.05) is 13.1 Å². The van der Waals surface area contributed by atoms with E-state index in [-0.39, 0.29) is 13.1 Å². The van der Waals surface area contributed by atoms with E-state index in [0.29, 0.717) is 4.90 Å². The number of sulfonamides is 1. The Labute approximate surface area is 109 Å². The molecule has 0 spiro atoms. The summed E-state index contributed by atoms with van der Waals surface area (Å²) in [5.74, 6) is 0. The molecule has 0 N–H and O–H groups in total. The topological polar surface area (TPSA) is 37.4 Å². The smallest absolute Gasteiger partial charge is 0.207 e. The first-order chi connectivity index (χ1) is 8.43. The third-order valence-electron chi connectivity index (χ3n) is 2.61. The zero-order valence-corrected chi connectivity index (χ0v) is 11.7. The van der Waals surface area contributed by atoms with Gasteiger partial charge in [-0.1, -0.05) is 29.8 Å². The van der Waals surface area contributed by atoms with Gasteiger partial charge in [-0.05, 0) is 25.5 Å². The monoisotopic (exact) mass is 265 g/mol. The van der Waals surface area contributed by atoms with Gasteiger partial charge in [-0.25, -0.2) is 8.42 Å². The molecule has 0 saturated heterocycles. The van der Waals surface area contributed by atoms with E-state index in [1.54, 1.807) is 31.2 Å². The van der Waals surface area contributed by atoms with Gasteiger partial charge in [-0.15, -0.1) is 13.2 Å². The molecule has 0 aliphatic rings. The quantitative estimate of drug-likeness (QED) is 0.742. The van der Waals surface area contributed by atoms with E-state index in [4.69, 9.17) is 0 Å². The molecular formula is C14H19NO2S. The number of nitrogens with zero attached hydrogens (tertiary/aromatic N) is 1. The summed E-state index contributed by atoms with van der Waals surface area (Å²) in [4.78, 5) is 0.344. The lowest BCUT2D eigenvalue weighted by Crippen LogP contribution is -2.31. The SMILES string of the molecule is C=CCN(CC=C)S(=O)(=O)c1ccc(C)cc1C. The minimum Gasteiger partial charge on any atom is -0.207 e. The fraction of sp³-hybridized carbons (Fsp3) is 0.286. The number of benzene rings is 1. The van der Waals surface area contributed by atoms with Crippen LogP contribution in [0.2, 0.25) is 0 Å². The maximum atomic E-state index is 12.5. The Morgan fingerprint density at radius 3 is 2.17 bits per heavy atom. The van der Waals surface area contributed by atoms with Crippen molar-refractivity contribution < 1.29 is 8.42 Å². The molecule has 4 heteroatoms. The summed E-state index contributed by atoms with van der Waals surface area (Å²) < 4.78 is 26.3. The first-order valence-electron chi connectivity index (χ1n) is 5.72. The minimum atomic E-state index is -3.48. The predicted molar refractivity (Wildman–Crippen MR) is 75.1 cm³/mol. The van der Waals surface area contributed by atoms with Gasteiger partial charge < -0.3 is 0 Å². The predicted octanol–water partition coefficient (Wildman–Crippen LogP) is 2.67. The summed E-state index contributed by atoms with van der Waals surface area (Å²) in [6.45, 7) is 11.5. The molecule has 0 heterocycles. The summed E-state index contributed by atoms with van der Waals surface area (Å²) in [7, 11) is -3.48. The fourth-order valence-corrected chi connectivity index (χ4v) is 3.37. The van der Waals surface area contributed by atoms with Crippen LogP contribution in [0.15, 0.2) is 48.4 Å². The lowest BCUT2D eigenvalue weighted by molar-refractivity contribution is 0.474. The van der Waals surface area contributed by atoms with Gasteiger partial charge in [0.1, 0.15) is 0 Å². The summed E-state index contributed by atoms with van der Waals surface area (Å²) in [5, 5.41) is 0. The van der Waals surface area contributed by atoms with Crippen molar-refractivity contribution in [2.75, 3.05) is 13.1 Å². The highest BCUT2D eigenvalue weighted by molar-refractivity contribution is 7.89. The average Bonchev–Trinajstić information content (AvgIpc) is 2.28. The van der Waals surface area contributed by atoms with E-state index in [0.717, 1.165) is 11.1 Å². The van der Waals surface area contributed by atoms with Crippen molar-refractivity contribution in [3.8, 4) is 0 Å². The van der Waals surface area contributed by atoms with Gasteiger partial charge in [0.2, 0.25) is 10.0 Å². The van der Waals surface area contributed by atoms with Crippen molar-refractivity contribution in [3.63, 3.8) is 0 Å². The highest BCUT2D eigenvalue weighted by Crippen LogP contribution is 2.20. The summed E-state index contributed by atoms with van der Waals surface area (Å²) in [5.41, 5.74) is 1.80. The molecule has 0 unspecified atom stereocenters. The largest absolute Gasteiger partial charge is 0.243 e. The minimum absolute atomic E-state index is 0.279. The molecule has 3 nitrogen and oxygen atoms in total. The Balaban J connectivity index is 3.25. The standard InChI is InChI=1S/C14H19NO2S/c1-5-9-15(10-6-2)18(16,17)14-8-7-12(3)11-13(14)4/h5-8,11H,1-2,9-10H2,3-4H3. The normalized spacial score (nSPS) is 11.5. The molecule has 0 saturated carbocycles. The van der Waals surface area contributed by atoms with Crippen molar-refractivity contribution in [3.05, 3.63) is 54.6 Å². The van der Waals surface area contributed by atoms with E-state index in [1.807, 2.05) is 13.0 Å². The maximum Gasteiger partial charge on any atom is 0.243 e. The molecular weight excluding hydrogens is 246 g/mol. The van der Waals surface area contributed by atoms with Gasteiger partial charge in [0.25, 0.3) is 0 Å². The zero-order valence-electron chi connectivity index (χ0n) is 10.9. The third-order valence-corrected chi connectivity index (χ3v) is 4.61. The second-order valence-corrected chi connectivity index (χ2v) is 6.07. The second kappa shape index (κ2) is 5.98. The number of rotatable bonds is 6. The van der Waals surface area contributed by atoms with Crippen molar-refractivity contribution in [2.45, 2.75) is 18.7 Å². The van der Waals surface area contributed by atoms with Crippen LogP contribution in [-0.4, -0.2) is 25.8 Å². The van der Waals surface area contributed by atoms with E-state index in [1.165, 1.54) is 4.31 Å². The van der Waals surface area contributed by atoms with Gasteiger partial charge in [-0.2, -0.15) is 4.31 Å². The molecule has 0 aromatic heterocycles. The van der Waals surface area contributed by atoms with Crippen LogP contribution in [0.5, 0.6) is 0 Å². The highest BCUT2D eigenvalue weighted by atomic mass is 32.2. The number of aryl methyl sites for hydroxylation is 2. The Morgan fingerprint density at radius 1 is 1.17 bits per heavy atom. The van der Waals surface area contributed by atoms with Crippen LogP contribution in [-0.2, 0) is 10.0 Å². The molecule has 0 amide bonds. The molecule has 0 bridgehead atoms. The molecule has 98 valence electrons. The van der Waals surface area contributed by atoms with Gasteiger partial charge in [-0.3, -0.25) is 0 Å². The molecule has 0 atom stereocenters. The molecule has 1 aromatic rings. The lowest BCUT2D eigenvalue weighted by atomic mass is 10.2. The maximum absolute atomic E-state index is 12.5. The van der Waals surface area contributed by atoms with E-state index in [2.05, 4.69) is 13.2 Å². The molecule has 0 aliphatic carbocycles. The van der Waals surface area contributed by atoms with Crippen molar-refractivity contribution in [2.24, 2.45) is 0 Å². The van der Waals surface area contributed by atoms with Crippen molar-refractivity contribution in [1.82, 2.24) is 4.31 Å². The van der Waals surface area contributed by atoms with Gasteiger partial charge in [0.05, 0.1) is 4.90 Å². The van der Waals surface area contributed by atoms with E-state index >= 15 is 0 Å². The van der Waals surface area contributed by atoms with Crippen LogP contribution in [0.25, 0.3) is 0 Å². The van der Waals surface area contributed by atoms with Crippen molar-refractivity contribution >= 4 is 10.0 Å². The number of hydrogen-bond donors (Lipinski definition) is 0. The van der Waals surface area contributed by atoms with Gasteiger partial charge >= 0.3 is 0 Å². The third kappa shape index (κ3) is 3.09. The van der Waals surface area contributed by atoms with Gasteiger partial charge in [0.15, 0.2) is 0 Å². The first-order valence-corrected chi connectivity index (χ1v) is 7.16. The fourth-order valence-electron chi connectivity index (χ4n) is 1.79. The van der Waals surface area contributed by atoms with Crippen LogP contribution in [0.3, 0.4) is 0 Å². The average molecular weight is 265 g/mol. The second-order valence-electron chi connectivity index (χ2n) is 4.17. The zero-order chi connectivity index (χ0) is 13.8. The van der Waals surface area contributed by atoms with Crippen LogP contribution in [0.4, 0.5) is 0 Å². The summed E-state index contributed by atoms with van der Waals surface area (Å²) in [6, 6.07) is 5.33. The van der Waals surface area contributed by atoms with Crippen LogP contribution in [0.1, 0.15) is 11.1 Å². The van der Waals surface area contributed by atoms with Crippen LogP contribution in [0, 0.1) is 13.8 Å². The Bertz CT molecular complexity index is 537. The highest BCUT2D eigenvalue weighted by Gasteiger charge is 2.23. The van der Waals surface area contributed by atoms with E-state index < -0.39 is 10.0 Å². The molecule has 18 heavy (non-hydrogen) atoms. The Kier molecular flexibility index (Phi) is 4.87.